The van der Waals surface area contributed by atoms with Crippen molar-refractivity contribution in [3.8, 4) is 5.69 Å². The predicted octanol–water partition coefficient (Wildman–Crippen LogP) is 3.93. The number of hydrogen-bond donors (Lipinski definition) is 0. The maximum absolute atomic E-state index is 14.1. The van der Waals surface area contributed by atoms with Crippen LogP contribution in [0.1, 0.15) is 0 Å². The zero-order valence-corrected chi connectivity index (χ0v) is 16.3. The molecular weight excluding hydrogens is 391 g/mol. The molecule has 6 nitrogen and oxygen atoms in total. The summed E-state index contributed by atoms with van der Waals surface area (Å²) in [6, 6.07) is 14.4. The molecule has 146 valence electrons. The zero-order chi connectivity index (χ0) is 19.8. The molecule has 3 heterocycles. The number of anilines is 2. The van der Waals surface area contributed by atoms with Crippen molar-refractivity contribution >= 4 is 34.1 Å². The normalized spacial score (nSPS) is 14.6. The molecule has 0 amide bonds. The highest BCUT2D eigenvalue weighted by Crippen LogP contribution is 2.27. The van der Waals surface area contributed by atoms with Gasteiger partial charge < -0.3 is 9.80 Å². The molecule has 4 aromatic rings. The van der Waals surface area contributed by atoms with E-state index in [0.29, 0.717) is 10.7 Å². The number of para-hydroxylation sites is 1. The molecular formula is C21H18ClFN6. The van der Waals surface area contributed by atoms with Gasteiger partial charge in [0.1, 0.15) is 18.0 Å². The lowest BCUT2D eigenvalue weighted by Crippen LogP contribution is -2.47. The molecule has 1 aliphatic rings. The topological polar surface area (TPSA) is 50.1 Å². The molecule has 29 heavy (non-hydrogen) atoms. The largest absolute Gasteiger partial charge is 0.366 e. The van der Waals surface area contributed by atoms with Gasteiger partial charge in [0.15, 0.2) is 5.65 Å². The van der Waals surface area contributed by atoms with E-state index in [1.54, 1.807) is 23.3 Å². The Balaban J connectivity index is 1.43. The van der Waals surface area contributed by atoms with Gasteiger partial charge in [0.2, 0.25) is 0 Å². The molecule has 0 unspecified atom stereocenters. The molecule has 1 aliphatic heterocycles. The molecule has 0 aliphatic carbocycles. The molecule has 0 spiro atoms. The van der Waals surface area contributed by atoms with E-state index in [4.69, 9.17) is 11.6 Å². The number of aromatic nitrogens is 4. The van der Waals surface area contributed by atoms with Gasteiger partial charge in [-0.05, 0) is 30.3 Å². The number of nitrogens with zero attached hydrogens (tertiary/aromatic N) is 6. The minimum absolute atomic E-state index is 0.187. The molecule has 0 radical (unpaired) electrons. The molecule has 0 N–H and O–H groups in total. The lowest BCUT2D eigenvalue weighted by Gasteiger charge is -2.36. The predicted molar refractivity (Wildman–Crippen MR) is 112 cm³/mol. The van der Waals surface area contributed by atoms with Gasteiger partial charge in [-0.25, -0.2) is 19.0 Å². The van der Waals surface area contributed by atoms with Crippen LogP contribution >= 0.6 is 11.6 Å². The van der Waals surface area contributed by atoms with E-state index in [-0.39, 0.29) is 5.82 Å². The fourth-order valence-electron chi connectivity index (χ4n) is 3.75. The summed E-state index contributed by atoms with van der Waals surface area (Å²) in [4.78, 5) is 13.2. The Morgan fingerprint density at radius 2 is 1.69 bits per heavy atom. The van der Waals surface area contributed by atoms with E-state index in [9.17, 15) is 4.39 Å². The van der Waals surface area contributed by atoms with Crippen LogP contribution in [0.25, 0.3) is 16.7 Å². The van der Waals surface area contributed by atoms with E-state index >= 15 is 0 Å². The van der Waals surface area contributed by atoms with Gasteiger partial charge in [-0.2, -0.15) is 5.10 Å². The second-order valence-electron chi connectivity index (χ2n) is 6.90. The molecule has 1 saturated heterocycles. The van der Waals surface area contributed by atoms with Gasteiger partial charge in [-0.15, -0.1) is 0 Å². The lowest BCUT2D eigenvalue weighted by molar-refractivity contribution is 0.596. The lowest BCUT2D eigenvalue weighted by atomic mass is 10.2. The Bertz CT molecular complexity index is 1170. The van der Waals surface area contributed by atoms with Crippen LogP contribution in [0.4, 0.5) is 15.9 Å². The van der Waals surface area contributed by atoms with E-state index in [1.807, 2.05) is 36.4 Å². The zero-order valence-electron chi connectivity index (χ0n) is 15.5. The first kappa shape index (κ1) is 17.9. The summed E-state index contributed by atoms with van der Waals surface area (Å²) >= 11 is 6.13. The average molecular weight is 409 g/mol. The van der Waals surface area contributed by atoms with Crippen LogP contribution in [0.15, 0.2) is 61.1 Å². The van der Waals surface area contributed by atoms with E-state index in [2.05, 4.69) is 24.9 Å². The van der Waals surface area contributed by atoms with Crippen LogP contribution < -0.4 is 9.80 Å². The summed E-state index contributed by atoms with van der Waals surface area (Å²) in [6.07, 6.45) is 3.35. The number of rotatable bonds is 3. The Morgan fingerprint density at radius 3 is 2.48 bits per heavy atom. The SMILES string of the molecule is Fc1ccccc1N1CCN(c2ncnc3c2cnn3-c2cccc(Cl)c2)CC1. The van der Waals surface area contributed by atoms with Gasteiger partial charge in [0.25, 0.3) is 0 Å². The molecule has 5 rings (SSSR count). The standard InChI is InChI=1S/C21H18ClFN6/c22-15-4-3-5-16(12-15)29-21-17(13-26-29)20(24-14-25-21)28-10-8-27(9-11-28)19-7-2-1-6-18(19)23/h1-7,12-14H,8-11H2. The highest BCUT2D eigenvalue weighted by Gasteiger charge is 2.23. The van der Waals surface area contributed by atoms with E-state index < -0.39 is 0 Å². The summed E-state index contributed by atoms with van der Waals surface area (Å²) in [5, 5.41) is 6.03. The summed E-state index contributed by atoms with van der Waals surface area (Å²) < 4.78 is 15.9. The van der Waals surface area contributed by atoms with Crippen molar-refractivity contribution in [2.24, 2.45) is 0 Å². The van der Waals surface area contributed by atoms with Crippen molar-refractivity contribution < 1.29 is 4.39 Å². The molecule has 2 aromatic heterocycles. The maximum Gasteiger partial charge on any atom is 0.168 e. The number of halogens is 2. The third-order valence-electron chi connectivity index (χ3n) is 5.17. The monoisotopic (exact) mass is 408 g/mol. The van der Waals surface area contributed by atoms with Crippen LogP contribution in [0.3, 0.4) is 0 Å². The third-order valence-corrected chi connectivity index (χ3v) is 5.40. The minimum Gasteiger partial charge on any atom is -0.366 e. The van der Waals surface area contributed by atoms with Gasteiger partial charge in [-0.1, -0.05) is 29.8 Å². The smallest absolute Gasteiger partial charge is 0.168 e. The van der Waals surface area contributed by atoms with E-state index in [1.165, 1.54) is 6.07 Å². The Morgan fingerprint density at radius 1 is 0.897 bits per heavy atom. The van der Waals surface area contributed by atoms with Crippen LogP contribution in [-0.2, 0) is 0 Å². The van der Waals surface area contributed by atoms with Gasteiger partial charge >= 0.3 is 0 Å². The number of fused-ring (bicyclic) bond motifs is 1. The van der Waals surface area contributed by atoms with Crippen molar-refractivity contribution in [2.45, 2.75) is 0 Å². The highest BCUT2D eigenvalue weighted by atomic mass is 35.5. The van der Waals surface area contributed by atoms with Gasteiger partial charge in [0, 0.05) is 31.2 Å². The average Bonchev–Trinajstić information content (AvgIpc) is 3.19. The quantitative estimate of drug-likeness (QED) is 0.514. The molecule has 2 aromatic carbocycles. The first-order chi connectivity index (χ1) is 14.2. The van der Waals surface area contributed by atoms with Gasteiger partial charge in [-0.3, -0.25) is 0 Å². The third kappa shape index (κ3) is 3.27. The van der Waals surface area contributed by atoms with Crippen LogP contribution in [0.5, 0.6) is 0 Å². The number of piperazine rings is 1. The maximum atomic E-state index is 14.1. The molecule has 0 atom stereocenters. The van der Waals surface area contributed by atoms with Crippen LogP contribution in [0.2, 0.25) is 5.02 Å². The molecule has 8 heteroatoms. The Hall–Kier alpha value is -3.19. The van der Waals surface area contributed by atoms with Crippen molar-refractivity contribution in [2.75, 3.05) is 36.0 Å². The van der Waals surface area contributed by atoms with E-state index in [0.717, 1.165) is 48.7 Å². The molecule has 0 saturated carbocycles. The van der Waals surface area contributed by atoms with Crippen molar-refractivity contribution in [1.29, 1.82) is 0 Å². The first-order valence-corrected chi connectivity index (χ1v) is 9.77. The summed E-state index contributed by atoms with van der Waals surface area (Å²) in [6.45, 7) is 2.91. The summed E-state index contributed by atoms with van der Waals surface area (Å²) in [7, 11) is 0. The molecule has 0 bridgehead atoms. The van der Waals surface area contributed by atoms with Crippen LogP contribution in [0, 0.1) is 5.82 Å². The van der Waals surface area contributed by atoms with Crippen molar-refractivity contribution in [3.63, 3.8) is 0 Å². The number of hydrogen-bond acceptors (Lipinski definition) is 5. The first-order valence-electron chi connectivity index (χ1n) is 9.40. The van der Waals surface area contributed by atoms with Crippen molar-refractivity contribution in [1.82, 2.24) is 19.7 Å². The highest BCUT2D eigenvalue weighted by molar-refractivity contribution is 6.30. The molecule has 1 fully saturated rings. The fraction of sp³-hybridized carbons (Fsp3) is 0.190. The van der Waals surface area contributed by atoms with Crippen LogP contribution in [-0.4, -0.2) is 45.9 Å². The van der Waals surface area contributed by atoms with Gasteiger partial charge in [0.05, 0.1) is 23.0 Å². The Kier molecular flexibility index (Phi) is 4.52. The second-order valence-corrected chi connectivity index (χ2v) is 7.33. The van der Waals surface area contributed by atoms with Crippen molar-refractivity contribution in [3.05, 3.63) is 71.9 Å². The second kappa shape index (κ2) is 7.33. The minimum atomic E-state index is -0.187. The summed E-state index contributed by atoms with van der Waals surface area (Å²) in [5.74, 6) is 0.657. The number of benzene rings is 2. The fourth-order valence-corrected chi connectivity index (χ4v) is 3.93. The Labute approximate surface area is 172 Å². The summed E-state index contributed by atoms with van der Waals surface area (Å²) in [5.41, 5.74) is 2.23.